The molecule has 4 heteroatoms. The molecule has 2 aromatic rings. The molecule has 0 bridgehead atoms. The average molecular weight is 286 g/mol. The number of nitrogens with one attached hydrogen (secondary N) is 1. The zero-order chi connectivity index (χ0) is 15.2. The Morgan fingerprint density at radius 2 is 1.76 bits per heavy atom. The third kappa shape index (κ3) is 3.71. The number of aryl methyl sites for hydroxylation is 3. The van der Waals surface area contributed by atoms with E-state index in [1.165, 1.54) is 11.1 Å². The minimum Gasteiger partial charge on any atom is -0.271 e. The standard InChI is InChI=1S/C17H26N4/c1-4-13-7-9-14(10-8-13)11-16(19-18)17-12-15(5-2)20-21(17)6-3/h7-10,12,16,19H,4-6,11,18H2,1-3H3. The predicted octanol–water partition coefficient (Wildman–Crippen LogP) is 2.77. The number of nitrogens with two attached hydrogens (primary N) is 1. The van der Waals surface area contributed by atoms with Crippen LogP contribution in [0.1, 0.15) is 49.3 Å². The Morgan fingerprint density at radius 1 is 1.10 bits per heavy atom. The van der Waals surface area contributed by atoms with Crippen molar-refractivity contribution in [3.8, 4) is 0 Å². The molecule has 1 aromatic heterocycles. The van der Waals surface area contributed by atoms with Crippen molar-refractivity contribution >= 4 is 0 Å². The summed E-state index contributed by atoms with van der Waals surface area (Å²) in [6.07, 6.45) is 2.89. The zero-order valence-electron chi connectivity index (χ0n) is 13.3. The largest absolute Gasteiger partial charge is 0.271 e. The predicted molar refractivity (Wildman–Crippen MR) is 86.9 cm³/mol. The lowest BCUT2D eigenvalue weighted by atomic mass is 10.0. The van der Waals surface area contributed by atoms with Crippen LogP contribution in [0.3, 0.4) is 0 Å². The van der Waals surface area contributed by atoms with Gasteiger partial charge in [0, 0.05) is 6.54 Å². The Kier molecular flexibility index (Phi) is 5.53. The lowest BCUT2D eigenvalue weighted by Gasteiger charge is -2.17. The summed E-state index contributed by atoms with van der Waals surface area (Å²) in [5.74, 6) is 5.79. The smallest absolute Gasteiger partial charge is 0.0669 e. The van der Waals surface area contributed by atoms with Gasteiger partial charge in [0.15, 0.2) is 0 Å². The second kappa shape index (κ2) is 7.38. The first-order valence-electron chi connectivity index (χ1n) is 7.82. The van der Waals surface area contributed by atoms with Gasteiger partial charge in [-0.05, 0) is 43.4 Å². The molecule has 1 heterocycles. The van der Waals surface area contributed by atoms with E-state index in [2.05, 4.69) is 61.6 Å². The minimum absolute atomic E-state index is 0.0882. The highest BCUT2D eigenvalue weighted by atomic mass is 15.3. The fourth-order valence-electron chi connectivity index (χ4n) is 2.59. The van der Waals surface area contributed by atoms with Crippen LogP contribution in [0.2, 0.25) is 0 Å². The molecule has 0 spiro atoms. The van der Waals surface area contributed by atoms with E-state index in [0.717, 1.165) is 37.2 Å². The summed E-state index contributed by atoms with van der Waals surface area (Å²) in [7, 11) is 0. The van der Waals surface area contributed by atoms with Crippen LogP contribution in [0.25, 0.3) is 0 Å². The van der Waals surface area contributed by atoms with Gasteiger partial charge in [0.25, 0.3) is 0 Å². The number of rotatable bonds is 7. The summed E-state index contributed by atoms with van der Waals surface area (Å²) < 4.78 is 2.05. The van der Waals surface area contributed by atoms with E-state index in [1.807, 2.05) is 4.68 Å². The summed E-state index contributed by atoms with van der Waals surface area (Å²) in [4.78, 5) is 0. The second-order valence-corrected chi connectivity index (χ2v) is 5.32. The molecule has 4 nitrogen and oxygen atoms in total. The van der Waals surface area contributed by atoms with Crippen LogP contribution in [0.4, 0.5) is 0 Å². The van der Waals surface area contributed by atoms with Gasteiger partial charge in [0.05, 0.1) is 17.4 Å². The van der Waals surface area contributed by atoms with Crippen LogP contribution < -0.4 is 11.3 Å². The molecule has 0 aliphatic heterocycles. The van der Waals surface area contributed by atoms with E-state index in [4.69, 9.17) is 5.84 Å². The van der Waals surface area contributed by atoms with Crippen molar-refractivity contribution in [2.45, 2.75) is 52.6 Å². The Morgan fingerprint density at radius 3 is 2.29 bits per heavy atom. The number of hydrazine groups is 1. The number of benzene rings is 1. The van der Waals surface area contributed by atoms with Crippen molar-refractivity contribution in [2.24, 2.45) is 5.84 Å². The Labute approximate surface area is 127 Å². The van der Waals surface area contributed by atoms with Crippen molar-refractivity contribution in [2.75, 3.05) is 0 Å². The van der Waals surface area contributed by atoms with Gasteiger partial charge in [-0.15, -0.1) is 0 Å². The van der Waals surface area contributed by atoms with Gasteiger partial charge in [-0.2, -0.15) is 5.10 Å². The van der Waals surface area contributed by atoms with E-state index in [1.54, 1.807) is 0 Å². The minimum atomic E-state index is 0.0882. The van der Waals surface area contributed by atoms with Gasteiger partial charge < -0.3 is 0 Å². The maximum absolute atomic E-state index is 5.79. The quantitative estimate of drug-likeness (QED) is 0.608. The van der Waals surface area contributed by atoms with E-state index >= 15 is 0 Å². The van der Waals surface area contributed by atoms with E-state index in [9.17, 15) is 0 Å². The molecule has 0 saturated heterocycles. The molecule has 3 N–H and O–H groups in total. The molecule has 0 saturated carbocycles. The van der Waals surface area contributed by atoms with Gasteiger partial charge in [0.2, 0.25) is 0 Å². The maximum Gasteiger partial charge on any atom is 0.0669 e. The van der Waals surface area contributed by atoms with Crippen LogP contribution in [-0.4, -0.2) is 9.78 Å². The molecule has 1 aromatic carbocycles. The first-order chi connectivity index (χ1) is 10.2. The summed E-state index contributed by atoms with van der Waals surface area (Å²) in [6.45, 7) is 7.27. The number of hydrogen-bond donors (Lipinski definition) is 2. The van der Waals surface area contributed by atoms with Gasteiger partial charge in [0.1, 0.15) is 0 Å². The van der Waals surface area contributed by atoms with Gasteiger partial charge >= 0.3 is 0 Å². The molecule has 114 valence electrons. The molecule has 0 fully saturated rings. The Bertz CT molecular complexity index is 557. The summed E-state index contributed by atoms with van der Waals surface area (Å²) in [5.41, 5.74) is 7.88. The normalized spacial score (nSPS) is 12.6. The van der Waals surface area contributed by atoms with Crippen molar-refractivity contribution in [1.82, 2.24) is 15.2 Å². The Hall–Kier alpha value is -1.65. The molecule has 0 aliphatic rings. The highest BCUT2D eigenvalue weighted by Crippen LogP contribution is 2.20. The molecular formula is C17H26N4. The lowest BCUT2D eigenvalue weighted by molar-refractivity contribution is 0.490. The molecule has 2 rings (SSSR count). The van der Waals surface area contributed by atoms with Crippen molar-refractivity contribution in [3.05, 3.63) is 52.8 Å². The Balaban J connectivity index is 2.20. The maximum atomic E-state index is 5.79. The van der Waals surface area contributed by atoms with Gasteiger partial charge in [-0.25, -0.2) is 0 Å². The lowest BCUT2D eigenvalue weighted by Crippen LogP contribution is -2.31. The van der Waals surface area contributed by atoms with E-state index in [-0.39, 0.29) is 6.04 Å². The zero-order valence-corrected chi connectivity index (χ0v) is 13.3. The van der Waals surface area contributed by atoms with E-state index < -0.39 is 0 Å². The topological polar surface area (TPSA) is 55.9 Å². The third-order valence-corrected chi connectivity index (χ3v) is 3.95. The number of nitrogens with zero attached hydrogens (tertiary/aromatic N) is 2. The molecular weight excluding hydrogens is 260 g/mol. The first kappa shape index (κ1) is 15.7. The molecule has 0 amide bonds. The van der Waals surface area contributed by atoms with Crippen LogP contribution in [-0.2, 0) is 25.8 Å². The molecule has 1 atom stereocenters. The van der Waals surface area contributed by atoms with Crippen molar-refractivity contribution < 1.29 is 0 Å². The monoisotopic (exact) mass is 286 g/mol. The second-order valence-electron chi connectivity index (χ2n) is 5.32. The summed E-state index contributed by atoms with van der Waals surface area (Å²) >= 11 is 0. The number of hydrogen-bond acceptors (Lipinski definition) is 3. The fourth-order valence-corrected chi connectivity index (χ4v) is 2.59. The highest BCUT2D eigenvalue weighted by molar-refractivity contribution is 5.25. The number of aromatic nitrogens is 2. The first-order valence-corrected chi connectivity index (χ1v) is 7.82. The van der Waals surface area contributed by atoms with E-state index in [0.29, 0.717) is 0 Å². The van der Waals surface area contributed by atoms with Crippen LogP contribution in [0.5, 0.6) is 0 Å². The highest BCUT2D eigenvalue weighted by Gasteiger charge is 2.16. The van der Waals surface area contributed by atoms with Crippen LogP contribution >= 0.6 is 0 Å². The van der Waals surface area contributed by atoms with Crippen LogP contribution in [0.15, 0.2) is 30.3 Å². The third-order valence-electron chi connectivity index (χ3n) is 3.95. The van der Waals surface area contributed by atoms with Crippen molar-refractivity contribution in [3.63, 3.8) is 0 Å². The fraction of sp³-hybridized carbons (Fsp3) is 0.471. The van der Waals surface area contributed by atoms with Crippen molar-refractivity contribution in [1.29, 1.82) is 0 Å². The summed E-state index contributed by atoms with van der Waals surface area (Å²) in [5, 5.41) is 4.61. The molecule has 0 radical (unpaired) electrons. The summed E-state index contributed by atoms with van der Waals surface area (Å²) in [6, 6.07) is 11.0. The van der Waals surface area contributed by atoms with Gasteiger partial charge in [-0.3, -0.25) is 16.0 Å². The molecule has 21 heavy (non-hydrogen) atoms. The van der Waals surface area contributed by atoms with Crippen LogP contribution in [0, 0.1) is 0 Å². The average Bonchev–Trinajstić information content (AvgIpc) is 2.96. The molecule has 0 aliphatic carbocycles. The van der Waals surface area contributed by atoms with Gasteiger partial charge in [-0.1, -0.05) is 38.1 Å². The molecule has 1 unspecified atom stereocenters. The SMILES string of the molecule is CCc1ccc(CC(NN)c2cc(CC)nn2CC)cc1.